The summed E-state index contributed by atoms with van der Waals surface area (Å²) >= 11 is 0. The van der Waals surface area contributed by atoms with E-state index in [4.69, 9.17) is 5.73 Å². The zero-order valence-electron chi connectivity index (χ0n) is 11.2. The van der Waals surface area contributed by atoms with Crippen LogP contribution in [0.15, 0.2) is 18.3 Å². The van der Waals surface area contributed by atoms with Gasteiger partial charge in [0.2, 0.25) is 0 Å². The molecule has 1 aliphatic carbocycles. The second-order valence-electron chi connectivity index (χ2n) is 6.10. The maximum absolute atomic E-state index is 6.46. The van der Waals surface area contributed by atoms with E-state index >= 15 is 0 Å². The maximum atomic E-state index is 6.46. The lowest BCUT2D eigenvalue weighted by Gasteiger charge is -2.42. The van der Waals surface area contributed by atoms with Crippen molar-refractivity contribution in [1.82, 2.24) is 4.98 Å². The van der Waals surface area contributed by atoms with Crippen LogP contribution in [0.1, 0.15) is 56.8 Å². The van der Waals surface area contributed by atoms with Crippen molar-refractivity contribution in [2.45, 2.75) is 52.5 Å². The minimum atomic E-state index is 0.137. The molecule has 1 aromatic rings. The van der Waals surface area contributed by atoms with Crippen molar-refractivity contribution in [1.29, 1.82) is 0 Å². The summed E-state index contributed by atoms with van der Waals surface area (Å²) in [5.74, 6) is 0.584. The van der Waals surface area contributed by atoms with Crippen LogP contribution in [0.4, 0.5) is 0 Å². The molecule has 0 radical (unpaired) electrons. The van der Waals surface area contributed by atoms with Gasteiger partial charge in [-0.05, 0) is 42.7 Å². The van der Waals surface area contributed by atoms with Crippen molar-refractivity contribution < 1.29 is 0 Å². The van der Waals surface area contributed by atoms with Crippen LogP contribution in [0.5, 0.6) is 0 Å². The molecule has 0 aliphatic heterocycles. The lowest BCUT2D eigenvalue weighted by atomic mass is 9.65. The third-order valence-electron chi connectivity index (χ3n) is 4.34. The first-order chi connectivity index (χ1) is 8.00. The molecule has 2 unspecified atom stereocenters. The molecular formula is C15H24N2. The molecule has 0 amide bonds. The van der Waals surface area contributed by atoms with Gasteiger partial charge in [0.05, 0.1) is 0 Å². The molecule has 2 heteroatoms. The van der Waals surface area contributed by atoms with Gasteiger partial charge in [0.1, 0.15) is 0 Å². The number of pyridine rings is 1. The van der Waals surface area contributed by atoms with Crippen LogP contribution in [0.3, 0.4) is 0 Å². The second kappa shape index (κ2) is 4.77. The Morgan fingerprint density at radius 3 is 2.71 bits per heavy atom. The summed E-state index contributed by atoms with van der Waals surface area (Å²) in [7, 11) is 0. The topological polar surface area (TPSA) is 38.9 Å². The Balaban J connectivity index is 2.18. The molecule has 2 atom stereocenters. The van der Waals surface area contributed by atoms with Gasteiger partial charge in [-0.3, -0.25) is 4.98 Å². The van der Waals surface area contributed by atoms with E-state index in [-0.39, 0.29) is 6.04 Å². The molecule has 1 heterocycles. The Hall–Kier alpha value is -0.890. The Bertz CT molecular complexity index is 367. The first-order valence-electron chi connectivity index (χ1n) is 6.69. The quantitative estimate of drug-likeness (QED) is 0.846. The van der Waals surface area contributed by atoms with Crippen LogP contribution < -0.4 is 5.73 Å². The summed E-state index contributed by atoms with van der Waals surface area (Å²) in [6, 6.07) is 4.33. The fourth-order valence-corrected chi connectivity index (χ4v) is 3.10. The third-order valence-corrected chi connectivity index (χ3v) is 4.34. The van der Waals surface area contributed by atoms with Crippen molar-refractivity contribution in [2.24, 2.45) is 17.1 Å². The molecule has 2 nitrogen and oxygen atoms in total. The first-order valence-corrected chi connectivity index (χ1v) is 6.69. The summed E-state index contributed by atoms with van der Waals surface area (Å²) in [5, 5.41) is 0. The lowest BCUT2D eigenvalue weighted by molar-refractivity contribution is 0.112. The molecule has 1 fully saturated rings. The SMILES string of the molecule is Cc1ccc(C(N)C2CCCCC2(C)C)cn1. The van der Waals surface area contributed by atoms with Gasteiger partial charge in [-0.15, -0.1) is 0 Å². The predicted octanol–water partition coefficient (Wildman–Crippen LogP) is 3.61. The van der Waals surface area contributed by atoms with Crippen molar-refractivity contribution in [2.75, 3.05) is 0 Å². The average Bonchev–Trinajstić information content (AvgIpc) is 2.28. The van der Waals surface area contributed by atoms with Crippen LogP contribution >= 0.6 is 0 Å². The van der Waals surface area contributed by atoms with Gasteiger partial charge in [0.25, 0.3) is 0 Å². The van der Waals surface area contributed by atoms with Crippen molar-refractivity contribution in [3.05, 3.63) is 29.6 Å². The van der Waals surface area contributed by atoms with E-state index in [2.05, 4.69) is 31.0 Å². The Morgan fingerprint density at radius 2 is 2.12 bits per heavy atom. The Morgan fingerprint density at radius 1 is 1.35 bits per heavy atom. The van der Waals surface area contributed by atoms with E-state index in [9.17, 15) is 0 Å². The molecule has 2 N–H and O–H groups in total. The van der Waals surface area contributed by atoms with Crippen molar-refractivity contribution >= 4 is 0 Å². The summed E-state index contributed by atoms with van der Waals surface area (Å²) in [4.78, 5) is 4.36. The van der Waals surface area contributed by atoms with Crippen LogP contribution in [0.25, 0.3) is 0 Å². The van der Waals surface area contributed by atoms with E-state index < -0.39 is 0 Å². The van der Waals surface area contributed by atoms with Gasteiger partial charge in [-0.2, -0.15) is 0 Å². The summed E-state index contributed by atoms with van der Waals surface area (Å²) in [5.41, 5.74) is 9.07. The monoisotopic (exact) mass is 232 g/mol. The lowest BCUT2D eigenvalue weighted by Crippen LogP contribution is -2.36. The highest BCUT2D eigenvalue weighted by Crippen LogP contribution is 2.45. The number of aryl methyl sites for hydroxylation is 1. The molecule has 0 saturated heterocycles. The summed E-state index contributed by atoms with van der Waals surface area (Å²) < 4.78 is 0. The van der Waals surface area contributed by atoms with E-state index in [0.29, 0.717) is 11.3 Å². The second-order valence-corrected chi connectivity index (χ2v) is 6.10. The van der Waals surface area contributed by atoms with Crippen molar-refractivity contribution in [3.8, 4) is 0 Å². The number of nitrogens with zero attached hydrogens (tertiary/aromatic N) is 1. The van der Waals surface area contributed by atoms with E-state index in [1.165, 1.54) is 31.2 Å². The van der Waals surface area contributed by atoms with E-state index in [0.717, 1.165) is 5.69 Å². The highest BCUT2D eigenvalue weighted by molar-refractivity contribution is 5.18. The number of aromatic nitrogens is 1. The summed E-state index contributed by atoms with van der Waals surface area (Å²) in [6.45, 7) is 6.73. The molecule has 2 rings (SSSR count). The van der Waals surface area contributed by atoms with Crippen LogP contribution in [0.2, 0.25) is 0 Å². The molecule has 0 aromatic carbocycles. The standard InChI is InChI=1S/C15H24N2/c1-11-7-8-12(10-17-11)14(16)13-6-4-5-9-15(13,2)3/h7-8,10,13-14H,4-6,9,16H2,1-3H3. The average molecular weight is 232 g/mol. The molecule has 0 bridgehead atoms. The normalized spacial score (nSPS) is 25.5. The van der Waals surface area contributed by atoms with Gasteiger partial charge in [0.15, 0.2) is 0 Å². The molecule has 1 aliphatic rings. The maximum Gasteiger partial charge on any atom is 0.0372 e. The van der Waals surface area contributed by atoms with Crippen LogP contribution in [-0.4, -0.2) is 4.98 Å². The Labute approximate surface area is 105 Å². The molecule has 1 saturated carbocycles. The molecule has 17 heavy (non-hydrogen) atoms. The summed E-state index contributed by atoms with van der Waals surface area (Å²) in [6.07, 6.45) is 7.17. The minimum Gasteiger partial charge on any atom is -0.324 e. The largest absolute Gasteiger partial charge is 0.324 e. The van der Waals surface area contributed by atoms with Gasteiger partial charge >= 0.3 is 0 Å². The fourth-order valence-electron chi connectivity index (χ4n) is 3.10. The highest BCUT2D eigenvalue weighted by atomic mass is 14.7. The number of hydrogen-bond donors (Lipinski definition) is 1. The molecule has 94 valence electrons. The zero-order valence-corrected chi connectivity index (χ0v) is 11.2. The number of nitrogens with two attached hydrogens (primary N) is 1. The fraction of sp³-hybridized carbons (Fsp3) is 0.667. The molecular weight excluding hydrogens is 208 g/mol. The van der Waals surface area contributed by atoms with E-state index in [1.807, 2.05) is 13.1 Å². The smallest absolute Gasteiger partial charge is 0.0372 e. The van der Waals surface area contributed by atoms with Gasteiger partial charge in [-0.1, -0.05) is 32.8 Å². The Kier molecular flexibility index (Phi) is 3.53. The van der Waals surface area contributed by atoms with Crippen molar-refractivity contribution in [3.63, 3.8) is 0 Å². The first kappa shape index (κ1) is 12.6. The number of hydrogen-bond acceptors (Lipinski definition) is 2. The predicted molar refractivity (Wildman–Crippen MR) is 71.6 cm³/mol. The van der Waals surface area contributed by atoms with Crippen LogP contribution in [-0.2, 0) is 0 Å². The van der Waals surface area contributed by atoms with Gasteiger partial charge < -0.3 is 5.73 Å². The number of rotatable bonds is 2. The zero-order chi connectivity index (χ0) is 12.5. The highest BCUT2D eigenvalue weighted by Gasteiger charge is 2.36. The molecule has 0 spiro atoms. The molecule has 1 aromatic heterocycles. The minimum absolute atomic E-state index is 0.137. The van der Waals surface area contributed by atoms with Gasteiger partial charge in [0, 0.05) is 17.9 Å². The van der Waals surface area contributed by atoms with Gasteiger partial charge in [-0.25, -0.2) is 0 Å². The third kappa shape index (κ3) is 2.68. The van der Waals surface area contributed by atoms with E-state index in [1.54, 1.807) is 0 Å². The van der Waals surface area contributed by atoms with Crippen LogP contribution in [0, 0.1) is 18.3 Å².